The summed E-state index contributed by atoms with van der Waals surface area (Å²) in [5.74, 6) is 0. The van der Waals surface area contributed by atoms with Crippen molar-refractivity contribution in [2.24, 2.45) is 0 Å². The second-order valence-corrected chi connectivity index (χ2v) is 3.95. The number of alkyl halides is 3. The molecule has 0 spiro atoms. The normalized spacial score (nSPS) is 10.9. The van der Waals surface area contributed by atoms with Gasteiger partial charge in [-0.15, -0.1) is 0 Å². The molecule has 0 aliphatic heterocycles. The highest BCUT2D eigenvalue weighted by Crippen LogP contribution is 2.34. The Kier molecular flexibility index (Phi) is 4.06. The SMILES string of the molecule is FC(F)c1c(CBr)cnc(Cl)c1Br. The summed E-state index contributed by atoms with van der Waals surface area (Å²) in [6.07, 6.45) is -1.22. The van der Waals surface area contributed by atoms with E-state index in [0.29, 0.717) is 10.9 Å². The third-order valence-electron chi connectivity index (χ3n) is 1.46. The van der Waals surface area contributed by atoms with Crippen LogP contribution >= 0.6 is 43.5 Å². The smallest absolute Gasteiger partial charge is 0.243 e. The Morgan fingerprint density at radius 2 is 2.15 bits per heavy atom. The minimum absolute atomic E-state index is 0.0556. The number of pyridine rings is 1. The topological polar surface area (TPSA) is 12.9 Å². The number of aromatic nitrogens is 1. The van der Waals surface area contributed by atoms with Crippen LogP contribution < -0.4 is 0 Å². The molecule has 0 amide bonds. The number of hydrogen-bond donors (Lipinski definition) is 0. The van der Waals surface area contributed by atoms with Gasteiger partial charge < -0.3 is 0 Å². The van der Waals surface area contributed by atoms with Gasteiger partial charge in [-0.1, -0.05) is 27.5 Å². The molecule has 0 aliphatic rings. The Labute approximate surface area is 95.8 Å². The first-order valence-electron chi connectivity index (χ1n) is 3.24. The molecule has 0 aliphatic carbocycles. The second kappa shape index (κ2) is 4.66. The fourth-order valence-corrected chi connectivity index (χ4v) is 1.98. The molecule has 13 heavy (non-hydrogen) atoms. The lowest BCUT2D eigenvalue weighted by atomic mass is 10.2. The maximum atomic E-state index is 12.5. The molecule has 0 saturated carbocycles. The van der Waals surface area contributed by atoms with Crippen LogP contribution in [0.5, 0.6) is 0 Å². The van der Waals surface area contributed by atoms with Gasteiger partial charge in [-0.25, -0.2) is 13.8 Å². The summed E-state index contributed by atoms with van der Waals surface area (Å²) < 4.78 is 25.2. The predicted molar refractivity (Wildman–Crippen MR) is 54.5 cm³/mol. The molecule has 0 bridgehead atoms. The van der Waals surface area contributed by atoms with E-state index in [1.54, 1.807) is 0 Å². The lowest BCUT2D eigenvalue weighted by molar-refractivity contribution is 0.149. The molecule has 0 aromatic carbocycles. The van der Waals surface area contributed by atoms with Crippen LogP contribution in [-0.2, 0) is 5.33 Å². The fraction of sp³-hybridized carbons (Fsp3) is 0.286. The van der Waals surface area contributed by atoms with E-state index in [-0.39, 0.29) is 15.2 Å². The zero-order chi connectivity index (χ0) is 10.0. The molecule has 6 heteroatoms. The number of halogens is 5. The van der Waals surface area contributed by atoms with E-state index >= 15 is 0 Å². The maximum absolute atomic E-state index is 12.5. The van der Waals surface area contributed by atoms with Crippen LogP contribution in [0.2, 0.25) is 5.15 Å². The zero-order valence-corrected chi connectivity index (χ0v) is 10.1. The van der Waals surface area contributed by atoms with E-state index in [1.165, 1.54) is 6.20 Å². The molecule has 0 atom stereocenters. The standard InChI is InChI=1S/C7H4Br2ClF2N/c8-1-3-2-13-6(10)5(9)4(3)7(11)12/h2,7H,1H2. The number of hydrogen-bond acceptors (Lipinski definition) is 1. The van der Waals surface area contributed by atoms with Crippen molar-refractivity contribution >= 4 is 43.5 Å². The summed E-state index contributed by atoms with van der Waals surface area (Å²) in [4.78, 5) is 3.75. The van der Waals surface area contributed by atoms with Crippen LogP contribution in [0.15, 0.2) is 10.7 Å². The van der Waals surface area contributed by atoms with Crippen molar-refractivity contribution in [3.63, 3.8) is 0 Å². The van der Waals surface area contributed by atoms with Gasteiger partial charge in [0.05, 0.1) is 4.47 Å². The Balaban J connectivity index is 3.32. The van der Waals surface area contributed by atoms with Crippen molar-refractivity contribution in [2.75, 3.05) is 0 Å². The van der Waals surface area contributed by atoms with Crippen molar-refractivity contribution in [3.8, 4) is 0 Å². The van der Waals surface area contributed by atoms with Crippen LogP contribution in [0.4, 0.5) is 8.78 Å². The van der Waals surface area contributed by atoms with Crippen LogP contribution in [0.3, 0.4) is 0 Å². The highest BCUT2D eigenvalue weighted by atomic mass is 79.9. The van der Waals surface area contributed by atoms with Gasteiger partial charge in [-0.2, -0.15) is 0 Å². The van der Waals surface area contributed by atoms with Crippen molar-refractivity contribution in [2.45, 2.75) is 11.8 Å². The predicted octanol–water partition coefficient (Wildman–Crippen LogP) is 4.33. The molecule has 1 nitrogen and oxygen atoms in total. The first-order valence-corrected chi connectivity index (χ1v) is 5.54. The average molecular weight is 335 g/mol. The largest absolute Gasteiger partial charge is 0.265 e. The number of rotatable bonds is 2. The van der Waals surface area contributed by atoms with Crippen LogP contribution in [0, 0.1) is 0 Å². The van der Waals surface area contributed by atoms with Crippen molar-refractivity contribution in [1.82, 2.24) is 4.98 Å². The molecule has 0 radical (unpaired) electrons. The van der Waals surface area contributed by atoms with E-state index in [2.05, 4.69) is 36.8 Å². The van der Waals surface area contributed by atoms with Crippen molar-refractivity contribution in [1.29, 1.82) is 0 Å². The summed E-state index contributed by atoms with van der Waals surface area (Å²) in [7, 11) is 0. The summed E-state index contributed by atoms with van der Waals surface area (Å²) in [5, 5.41) is 0.384. The number of nitrogens with zero attached hydrogens (tertiary/aromatic N) is 1. The fourth-order valence-electron chi connectivity index (χ4n) is 0.855. The molecule has 0 saturated heterocycles. The Morgan fingerprint density at radius 1 is 1.54 bits per heavy atom. The first kappa shape index (κ1) is 11.3. The summed E-state index contributed by atoms with van der Waals surface area (Å²) in [5.41, 5.74) is 0.336. The van der Waals surface area contributed by atoms with Crippen molar-refractivity contribution in [3.05, 3.63) is 26.9 Å². The Bertz CT molecular complexity index is 320. The van der Waals surface area contributed by atoms with E-state index in [4.69, 9.17) is 11.6 Å². The average Bonchev–Trinajstić information content (AvgIpc) is 2.08. The lowest BCUT2D eigenvalue weighted by Crippen LogP contribution is -1.96. The summed E-state index contributed by atoms with van der Waals surface area (Å²) in [6.45, 7) is 0. The molecule has 1 aromatic rings. The van der Waals surface area contributed by atoms with Gasteiger partial charge in [0.2, 0.25) is 0 Å². The molecular formula is C7H4Br2ClF2N. The van der Waals surface area contributed by atoms with Gasteiger partial charge in [-0.3, -0.25) is 0 Å². The maximum Gasteiger partial charge on any atom is 0.265 e. The van der Waals surface area contributed by atoms with Crippen molar-refractivity contribution < 1.29 is 8.78 Å². The second-order valence-electron chi connectivity index (χ2n) is 2.24. The Hall–Kier alpha value is 0.260. The molecule has 0 N–H and O–H groups in total. The van der Waals surface area contributed by atoms with E-state index in [0.717, 1.165) is 0 Å². The lowest BCUT2D eigenvalue weighted by Gasteiger charge is -2.08. The van der Waals surface area contributed by atoms with E-state index < -0.39 is 6.43 Å². The first-order chi connectivity index (χ1) is 6.07. The van der Waals surface area contributed by atoms with E-state index in [1.807, 2.05) is 0 Å². The third kappa shape index (κ3) is 2.39. The summed E-state index contributed by atoms with van der Waals surface area (Å²) in [6, 6.07) is 0. The molecule has 72 valence electrons. The molecule has 1 rings (SSSR count). The third-order valence-corrected chi connectivity index (χ3v) is 3.38. The van der Waals surface area contributed by atoms with Gasteiger partial charge in [0, 0.05) is 17.1 Å². The van der Waals surface area contributed by atoms with Crippen LogP contribution in [0.1, 0.15) is 17.6 Å². The van der Waals surface area contributed by atoms with Gasteiger partial charge in [0.15, 0.2) is 0 Å². The zero-order valence-electron chi connectivity index (χ0n) is 6.20. The molecule has 0 unspecified atom stereocenters. The highest BCUT2D eigenvalue weighted by molar-refractivity contribution is 9.10. The van der Waals surface area contributed by atoms with Gasteiger partial charge in [0.1, 0.15) is 5.15 Å². The molecule has 0 fully saturated rings. The monoisotopic (exact) mass is 333 g/mol. The molecule has 1 aromatic heterocycles. The summed E-state index contributed by atoms with van der Waals surface area (Å²) >= 11 is 11.7. The van der Waals surface area contributed by atoms with Gasteiger partial charge in [0.25, 0.3) is 6.43 Å². The Morgan fingerprint density at radius 3 is 2.62 bits per heavy atom. The minimum Gasteiger partial charge on any atom is -0.243 e. The molecular weight excluding hydrogens is 331 g/mol. The van der Waals surface area contributed by atoms with Gasteiger partial charge in [-0.05, 0) is 21.5 Å². The minimum atomic E-state index is -2.55. The highest BCUT2D eigenvalue weighted by Gasteiger charge is 2.18. The van der Waals surface area contributed by atoms with Crippen LogP contribution in [0.25, 0.3) is 0 Å². The molecule has 1 heterocycles. The van der Waals surface area contributed by atoms with Gasteiger partial charge >= 0.3 is 0 Å². The quantitative estimate of drug-likeness (QED) is 0.579. The van der Waals surface area contributed by atoms with E-state index in [9.17, 15) is 8.78 Å². The van der Waals surface area contributed by atoms with Crippen LogP contribution in [-0.4, -0.2) is 4.98 Å².